The van der Waals surface area contributed by atoms with Crippen LogP contribution in [-0.4, -0.2) is 16.4 Å². The third-order valence-electron chi connectivity index (χ3n) is 2.72. The maximum absolute atomic E-state index is 9.90. The average Bonchev–Trinajstić information content (AvgIpc) is 2.51. The first kappa shape index (κ1) is 16.9. The smallest absolute Gasteiger partial charge is 0.187 e. The van der Waals surface area contributed by atoms with Gasteiger partial charge in [0.15, 0.2) is 5.11 Å². The predicted molar refractivity (Wildman–Crippen MR) is 100 cm³/mol. The Morgan fingerprint density at radius 2 is 1.95 bits per heavy atom. The van der Waals surface area contributed by atoms with E-state index in [9.17, 15) is 5.11 Å². The van der Waals surface area contributed by atoms with Gasteiger partial charge in [0.25, 0.3) is 0 Å². The van der Waals surface area contributed by atoms with E-state index in [1.54, 1.807) is 12.1 Å². The number of phenolic OH excluding ortho intramolecular Hbond substituents is 1. The zero-order chi connectivity index (χ0) is 15.9. The summed E-state index contributed by atoms with van der Waals surface area (Å²) >= 11 is 11.8. The van der Waals surface area contributed by atoms with Crippen LogP contribution < -0.4 is 10.7 Å². The van der Waals surface area contributed by atoms with Crippen molar-refractivity contribution in [1.29, 1.82) is 0 Å². The molecule has 0 atom stereocenters. The lowest BCUT2D eigenvalue weighted by Crippen LogP contribution is -2.31. The van der Waals surface area contributed by atoms with E-state index >= 15 is 0 Å². The van der Waals surface area contributed by atoms with Crippen molar-refractivity contribution in [3.8, 4) is 5.75 Å². The van der Waals surface area contributed by atoms with Gasteiger partial charge in [0.2, 0.25) is 0 Å². The Bertz CT molecular complexity index is 693. The fourth-order valence-electron chi connectivity index (χ4n) is 1.66. The zero-order valence-corrected chi connectivity index (χ0v) is 15.4. The van der Waals surface area contributed by atoms with Gasteiger partial charge in [-0.15, -0.1) is 0 Å². The van der Waals surface area contributed by atoms with E-state index in [4.69, 9.17) is 12.2 Å². The van der Waals surface area contributed by atoms with Crippen LogP contribution in [-0.2, 0) is 6.54 Å². The number of benzene rings is 2. The van der Waals surface area contributed by atoms with Crippen LogP contribution in [0.15, 0.2) is 56.5 Å². The second kappa shape index (κ2) is 8.26. The maximum Gasteiger partial charge on any atom is 0.187 e. The van der Waals surface area contributed by atoms with Crippen LogP contribution in [0.2, 0.25) is 0 Å². The predicted octanol–water partition coefficient (Wildman–Crippen LogP) is 3.92. The monoisotopic (exact) mass is 441 g/mol. The minimum Gasteiger partial charge on any atom is -0.506 e. The number of nitrogens with one attached hydrogen (secondary N) is 2. The first-order valence-electron chi connectivity index (χ1n) is 6.35. The Morgan fingerprint density at radius 3 is 2.68 bits per heavy atom. The molecule has 0 aliphatic heterocycles. The minimum absolute atomic E-state index is 0.122. The molecule has 4 nitrogen and oxygen atoms in total. The molecule has 22 heavy (non-hydrogen) atoms. The summed E-state index contributed by atoms with van der Waals surface area (Å²) in [6.07, 6.45) is 1.50. The Morgan fingerprint density at radius 1 is 1.23 bits per heavy atom. The van der Waals surface area contributed by atoms with Crippen molar-refractivity contribution >= 4 is 55.4 Å². The van der Waals surface area contributed by atoms with Gasteiger partial charge in [0.05, 0.1) is 10.7 Å². The molecule has 0 fully saturated rings. The van der Waals surface area contributed by atoms with Gasteiger partial charge in [-0.1, -0.05) is 46.3 Å². The van der Waals surface area contributed by atoms with Crippen molar-refractivity contribution in [3.63, 3.8) is 0 Å². The Kier molecular flexibility index (Phi) is 6.35. The van der Waals surface area contributed by atoms with Crippen molar-refractivity contribution in [2.75, 3.05) is 0 Å². The van der Waals surface area contributed by atoms with Gasteiger partial charge in [-0.3, -0.25) is 5.43 Å². The minimum atomic E-state index is 0.122. The highest BCUT2D eigenvalue weighted by atomic mass is 79.9. The van der Waals surface area contributed by atoms with Gasteiger partial charge in [-0.05, 0) is 45.8 Å². The third-order valence-corrected chi connectivity index (χ3v) is 4.02. The summed E-state index contributed by atoms with van der Waals surface area (Å²) in [4.78, 5) is 0. The Hall–Kier alpha value is -1.44. The summed E-state index contributed by atoms with van der Waals surface area (Å²) in [7, 11) is 0. The summed E-state index contributed by atoms with van der Waals surface area (Å²) < 4.78 is 1.43. The van der Waals surface area contributed by atoms with E-state index in [2.05, 4.69) is 47.7 Å². The number of rotatable bonds is 4. The Labute approximate surface area is 150 Å². The lowest BCUT2D eigenvalue weighted by Gasteiger charge is -2.07. The largest absolute Gasteiger partial charge is 0.506 e. The summed E-state index contributed by atoms with van der Waals surface area (Å²) in [5.74, 6) is 0.122. The normalized spacial score (nSPS) is 10.6. The van der Waals surface area contributed by atoms with Crippen LogP contribution in [0.1, 0.15) is 11.1 Å². The van der Waals surface area contributed by atoms with Crippen LogP contribution in [0.3, 0.4) is 0 Å². The van der Waals surface area contributed by atoms with E-state index in [0.29, 0.717) is 21.7 Å². The third kappa shape index (κ3) is 5.08. The van der Waals surface area contributed by atoms with Gasteiger partial charge in [-0.2, -0.15) is 5.10 Å². The van der Waals surface area contributed by atoms with Gasteiger partial charge in [0.1, 0.15) is 5.75 Å². The summed E-state index contributed by atoms with van der Waals surface area (Å²) in [5.41, 5.74) is 4.41. The molecule has 0 aliphatic carbocycles. The van der Waals surface area contributed by atoms with E-state index in [1.165, 1.54) is 6.21 Å². The fourth-order valence-corrected chi connectivity index (χ4v) is 3.05. The average molecular weight is 443 g/mol. The highest BCUT2D eigenvalue weighted by Gasteiger charge is 2.05. The van der Waals surface area contributed by atoms with Crippen molar-refractivity contribution in [3.05, 3.63) is 62.5 Å². The van der Waals surface area contributed by atoms with E-state index in [1.807, 2.05) is 30.3 Å². The standard InChI is InChI=1S/C15H13Br2N3OS/c16-12-6-11(14(21)13(17)7-12)9-19-20-15(22)18-8-10-4-2-1-3-5-10/h1-7,9,21H,8H2,(H2,18,20,22). The molecule has 114 valence electrons. The molecule has 0 aromatic heterocycles. The highest BCUT2D eigenvalue weighted by molar-refractivity contribution is 9.11. The molecule has 0 aliphatic rings. The number of hydrazone groups is 1. The molecule has 0 amide bonds. The quantitative estimate of drug-likeness (QED) is 0.381. The molecule has 0 spiro atoms. The van der Waals surface area contributed by atoms with Gasteiger partial charge < -0.3 is 10.4 Å². The van der Waals surface area contributed by atoms with E-state index in [0.717, 1.165) is 10.0 Å². The van der Waals surface area contributed by atoms with Crippen molar-refractivity contribution < 1.29 is 5.11 Å². The number of aromatic hydroxyl groups is 1. The molecule has 0 radical (unpaired) electrons. The second-order valence-electron chi connectivity index (χ2n) is 4.36. The number of phenols is 1. The molecule has 0 saturated heterocycles. The molecule has 2 aromatic carbocycles. The van der Waals surface area contributed by atoms with Crippen molar-refractivity contribution in [2.24, 2.45) is 5.10 Å². The van der Waals surface area contributed by atoms with Crippen LogP contribution in [0, 0.1) is 0 Å². The lowest BCUT2D eigenvalue weighted by atomic mass is 10.2. The summed E-state index contributed by atoms with van der Waals surface area (Å²) in [6.45, 7) is 0.621. The Balaban J connectivity index is 1.88. The summed E-state index contributed by atoms with van der Waals surface area (Å²) in [6, 6.07) is 13.4. The molecular weight excluding hydrogens is 430 g/mol. The molecule has 2 rings (SSSR count). The number of thiocarbonyl (C=S) groups is 1. The molecule has 2 aromatic rings. The molecule has 0 saturated carbocycles. The molecule has 3 N–H and O–H groups in total. The SMILES string of the molecule is Oc1c(Br)cc(Br)cc1C=NNC(=S)NCc1ccccc1. The van der Waals surface area contributed by atoms with Gasteiger partial charge in [0, 0.05) is 16.6 Å². The second-order valence-corrected chi connectivity index (χ2v) is 6.54. The number of hydrogen-bond donors (Lipinski definition) is 3. The maximum atomic E-state index is 9.90. The van der Waals surface area contributed by atoms with Crippen LogP contribution in [0.25, 0.3) is 0 Å². The molecular formula is C15H13Br2N3OS. The van der Waals surface area contributed by atoms with Gasteiger partial charge in [-0.25, -0.2) is 0 Å². The summed E-state index contributed by atoms with van der Waals surface area (Å²) in [5, 5.41) is 17.4. The lowest BCUT2D eigenvalue weighted by molar-refractivity contribution is 0.471. The fraction of sp³-hybridized carbons (Fsp3) is 0.0667. The van der Waals surface area contributed by atoms with Crippen molar-refractivity contribution in [2.45, 2.75) is 6.54 Å². The zero-order valence-electron chi connectivity index (χ0n) is 11.4. The van der Waals surface area contributed by atoms with E-state index in [-0.39, 0.29) is 5.75 Å². The van der Waals surface area contributed by atoms with Crippen LogP contribution in [0.4, 0.5) is 0 Å². The van der Waals surface area contributed by atoms with Gasteiger partial charge >= 0.3 is 0 Å². The van der Waals surface area contributed by atoms with Crippen LogP contribution in [0.5, 0.6) is 5.75 Å². The molecule has 0 heterocycles. The topological polar surface area (TPSA) is 56.7 Å². The molecule has 7 heteroatoms. The van der Waals surface area contributed by atoms with Crippen molar-refractivity contribution in [1.82, 2.24) is 10.7 Å². The molecule has 0 unspecified atom stereocenters. The molecule has 0 bridgehead atoms. The highest BCUT2D eigenvalue weighted by Crippen LogP contribution is 2.30. The first-order chi connectivity index (χ1) is 10.6. The van der Waals surface area contributed by atoms with Crippen LogP contribution >= 0.6 is 44.1 Å². The first-order valence-corrected chi connectivity index (χ1v) is 8.34. The number of nitrogens with zero attached hydrogens (tertiary/aromatic N) is 1. The number of hydrogen-bond acceptors (Lipinski definition) is 3. The van der Waals surface area contributed by atoms with E-state index < -0.39 is 0 Å². The number of halogens is 2.